The van der Waals surface area contributed by atoms with Crippen LogP contribution in [-0.4, -0.2) is 26.9 Å². The van der Waals surface area contributed by atoms with Crippen LogP contribution in [0.1, 0.15) is 26.3 Å². The van der Waals surface area contributed by atoms with Gasteiger partial charge in [-0.25, -0.2) is 4.98 Å². The second-order valence-electron chi connectivity index (χ2n) is 7.72. The Morgan fingerprint density at radius 1 is 0.933 bits per heavy atom. The molecule has 0 bridgehead atoms. The third kappa shape index (κ3) is 6.07. The molecule has 0 amide bonds. The first-order chi connectivity index (χ1) is 14.0. The minimum Gasteiger partial charge on any atom is -0.406 e. The number of nitrogens with zero attached hydrogens (tertiary/aromatic N) is 3. The lowest BCUT2D eigenvalue weighted by atomic mass is 10.1. The van der Waals surface area contributed by atoms with Crippen LogP contribution < -0.4 is 15.4 Å². The van der Waals surface area contributed by atoms with Crippen molar-refractivity contribution in [3.05, 3.63) is 54.4 Å². The summed E-state index contributed by atoms with van der Waals surface area (Å²) in [5, 5.41) is 6.40. The molecule has 0 aliphatic carbocycles. The molecule has 158 valence electrons. The van der Waals surface area contributed by atoms with Crippen molar-refractivity contribution >= 4 is 17.5 Å². The Morgan fingerprint density at radius 2 is 1.63 bits per heavy atom. The minimum atomic E-state index is -4.74. The molecule has 30 heavy (non-hydrogen) atoms. The van der Waals surface area contributed by atoms with Crippen LogP contribution in [-0.2, 0) is 0 Å². The van der Waals surface area contributed by atoms with Gasteiger partial charge in [0.1, 0.15) is 11.6 Å². The number of nitrogens with one attached hydrogen (secondary N) is 2. The SMILES string of the molecule is Cc1cc(OC(F)(F)F)ccc1Nc1cc(-c2ccncc2)nc(NC(C)(C)C)n1. The highest BCUT2D eigenvalue weighted by atomic mass is 19.4. The van der Waals surface area contributed by atoms with Crippen molar-refractivity contribution in [1.82, 2.24) is 15.0 Å². The van der Waals surface area contributed by atoms with E-state index in [1.54, 1.807) is 25.4 Å². The fourth-order valence-corrected chi connectivity index (χ4v) is 2.68. The second-order valence-corrected chi connectivity index (χ2v) is 7.72. The Balaban J connectivity index is 1.94. The summed E-state index contributed by atoms with van der Waals surface area (Å²) in [6.45, 7) is 7.66. The molecule has 2 heterocycles. The summed E-state index contributed by atoms with van der Waals surface area (Å²) < 4.78 is 41.3. The number of halogens is 3. The van der Waals surface area contributed by atoms with Gasteiger partial charge < -0.3 is 15.4 Å². The molecule has 0 radical (unpaired) electrons. The smallest absolute Gasteiger partial charge is 0.406 e. The van der Waals surface area contributed by atoms with Crippen LogP contribution in [0.3, 0.4) is 0 Å². The average molecular weight is 417 g/mol. The largest absolute Gasteiger partial charge is 0.573 e. The maximum Gasteiger partial charge on any atom is 0.573 e. The lowest BCUT2D eigenvalue weighted by Crippen LogP contribution is -2.27. The zero-order valence-corrected chi connectivity index (χ0v) is 17.0. The standard InChI is InChI=1S/C21H22F3N5O/c1-13-11-15(30-21(22,23)24)5-6-16(13)26-18-12-17(14-7-9-25-10-8-14)27-19(28-18)29-20(2,3)4/h5-12H,1-4H3,(H2,26,27,28,29). The number of rotatable bonds is 5. The highest BCUT2D eigenvalue weighted by Crippen LogP contribution is 2.29. The number of ether oxygens (including phenoxy) is 1. The molecule has 2 N–H and O–H groups in total. The van der Waals surface area contributed by atoms with Crippen LogP contribution in [0.4, 0.5) is 30.6 Å². The summed E-state index contributed by atoms with van der Waals surface area (Å²) in [7, 11) is 0. The Bertz CT molecular complexity index is 1020. The van der Waals surface area contributed by atoms with Gasteiger partial charge in [0.2, 0.25) is 5.95 Å². The number of pyridine rings is 1. The van der Waals surface area contributed by atoms with Crippen LogP contribution in [0, 0.1) is 6.92 Å². The molecule has 0 saturated carbocycles. The number of benzene rings is 1. The number of aryl methyl sites for hydroxylation is 1. The fourth-order valence-electron chi connectivity index (χ4n) is 2.68. The van der Waals surface area contributed by atoms with Gasteiger partial charge in [-0.1, -0.05) is 0 Å². The normalized spacial score (nSPS) is 11.8. The van der Waals surface area contributed by atoms with Crippen molar-refractivity contribution in [3.8, 4) is 17.0 Å². The number of hydrogen-bond donors (Lipinski definition) is 2. The minimum absolute atomic E-state index is 0.263. The highest BCUT2D eigenvalue weighted by Gasteiger charge is 2.31. The van der Waals surface area contributed by atoms with Gasteiger partial charge in [0.15, 0.2) is 0 Å². The molecule has 0 fully saturated rings. The molecule has 0 spiro atoms. The van der Waals surface area contributed by atoms with Gasteiger partial charge in [-0.15, -0.1) is 13.2 Å². The summed E-state index contributed by atoms with van der Waals surface area (Å²) >= 11 is 0. The number of aromatic nitrogens is 3. The lowest BCUT2D eigenvalue weighted by Gasteiger charge is -2.21. The monoisotopic (exact) mass is 417 g/mol. The molecule has 3 aromatic rings. The van der Waals surface area contributed by atoms with Gasteiger partial charge in [0.25, 0.3) is 0 Å². The molecule has 0 saturated heterocycles. The first-order valence-corrected chi connectivity index (χ1v) is 9.20. The Kier molecular flexibility index (Phi) is 5.82. The quantitative estimate of drug-likeness (QED) is 0.555. The van der Waals surface area contributed by atoms with Gasteiger partial charge in [-0.3, -0.25) is 4.98 Å². The van der Waals surface area contributed by atoms with E-state index in [2.05, 4.69) is 30.3 Å². The third-order valence-electron chi connectivity index (χ3n) is 3.88. The van der Waals surface area contributed by atoms with E-state index in [-0.39, 0.29) is 11.3 Å². The van der Waals surface area contributed by atoms with Gasteiger partial charge in [0.05, 0.1) is 5.69 Å². The first kappa shape index (κ1) is 21.4. The van der Waals surface area contributed by atoms with Crippen molar-refractivity contribution in [2.75, 3.05) is 10.6 Å². The van der Waals surface area contributed by atoms with E-state index in [1.807, 2.05) is 32.9 Å². The summed E-state index contributed by atoms with van der Waals surface area (Å²) in [6.07, 6.45) is -1.39. The van der Waals surface area contributed by atoms with E-state index < -0.39 is 6.36 Å². The summed E-state index contributed by atoms with van der Waals surface area (Å²) in [5.41, 5.74) is 2.45. The van der Waals surface area contributed by atoms with Gasteiger partial charge in [-0.05, 0) is 63.6 Å². The molecular weight excluding hydrogens is 395 g/mol. The second kappa shape index (κ2) is 8.17. The zero-order chi connectivity index (χ0) is 21.9. The molecule has 0 atom stereocenters. The van der Waals surface area contributed by atoms with E-state index in [0.29, 0.717) is 28.7 Å². The molecule has 6 nitrogen and oxygen atoms in total. The number of hydrogen-bond acceptors (Lipinski definition) is 6. The summed E-state index contributed by atoms with van der Waals surface area (Å²) in [6, 6.07) is 9.52. The van der Waals surface area contributed by atoms with Crippen molar-refractivity contribution in [2.45, 2.75) is 39.6 Å². The van der Waals surface area contributed by atoms with Crippen LogP contribution in [0.5, 0.6) is 5.75 Å². The van der Waals surface area contributed by atoms with Crippen LogP contribution in [0.15, 0.2) is 48.8 Å². The van der Waals surface area contributed by atoms with E-state index in [4.69, 9.17) is 0 Å². The van der Waals surface area contributed by atoms with Gasteiger partial charge >= 0.3 is 6.36 Å². The number of anilines is 3. The molecule has 3 rings (SSSR count). The Morgan fingerprint density at radius 3 is 2.23 bits per heavy atom. The molecule has 0 aliphatic rings. The molecule has 2 aromatic heterocycles. The van der Waals surface area contributed by atoms with Crippen LogP contribution in [0.25, 0.3) is 11.3 Å². The molecular formula is C21H22F3N5O. The molecule has 0 unspecified atom stereocenters. The van der Waals surface area contributed by atoms with E-state index in [0.717, 1.165) is 5.56 Å². The third-order valence-corrected chi connectivity index (χ3v) is 3.88. The predicted molar refractivity (Wildman–Crippen MR) is 110 cm³/mol. The van der Waals surface area contributed by atoms with Crippen molar-refractivity contribution in [2.24, 2.45) is 0 Å². The van der Waals surface area contributed by atoms with Crippen LogP contribution in [0.2, 0.25) is 0 Å². The Hall–Kier alpha value is -3.36. The summed E-state index contributed by atoms with van der Waals surface area (Å²) in [5.74, 6) is 0.644. The van der Waals surface area contributed by atoms with Crippen molar-refractivity contribution in [3.63, 3.8) is 0 Å². The van der Waals surface area contributed by atoms with Crippen LogP contribution >= 0.6 is 0 Å². The fraction of sp³-hybridized carbons (Fsp3) is 0.286. The molecule has 0 aliphatic heterocycles. The first-order valence-electron chi connectivity index (χ1n) is 9.20. The lowest BCUT2D eigenvalue weighted by molar-refractivity contribution is -0.274. The van der Waals surface area contributed by atoms with E-state index in [9.17, 15) is 13.2 Å². The van der Waals surface area contributed by atoms with E-state index >= 15 is 0 Å². The van der Waals surface area contributed by atoms with E-state index in [1.165, 1.54) is 18.2 Å². The topological polar surface area (TPSA) is 72.0 Å². The predicted octanol–water partition coefficient (Wildman–Crippen LogP) is 5.70. The maximum atomic E-state index is 12.4. The molecule has 1 aromatic carbocycles. The zero-order valence-electron chi connectivity index (χ0n) is 17.0. The van der Waals surface area contributed by atoms with Gasteiger partial charge in [0, 0.05) is 35.2 Å². The molecule has 9 heteroatoms. The van der Waals surface area contributed by atoms with Gasteiger partial charge in [-0.2, -0.15) is 4.98 Å². The highest BCUT2D eigenvalue weighted by molar-refractivity contribution is 5.68. The summed E-state index contributed by atoms with van der Waals surface area (Å²) in [4.78, 5) is 13.1. The maximum absolute atomic E-state index is 12.4. The average Bonchev–Trinajstić information content (AvgIpc) is 2.62. The van der Waals surface area contributed by atoms with Crippen molar-refractivity contribution in [1.29, 1.82) is 0 Å². The number of alkyl halides is 3. The Labute approximate surface area is 172 Å². The van der Waals surface area contributed by atoms with Crippen molar-refractivity contribution < 1.29 is 17.9 Å².